The van der Waals surface area contributed by atoms with E-state index >= 15 is 0 Å². The van der Waals surface area contributed by atoms with E-state index in [1.807, 2.05) is 35.7 Å². The highest BCUT2D eigenvalue weighted by Crippen LogP contribution is 2.30. The smallest absolute Gasteiger partial charge is 0.267 e. The van der Waals surface area contributed by atoms with Crippen LogP contribution in [0.3, 0.4) is 0 Å². The first kappa shape index (κ1) is 14.9. The second kappa shape index (κ2) is 6.00. The largest absolute Gasteiger partial charge is 0.495 e. The van der Waals surface area contributed by atoms with Crippen LogP contribution in [0, 0.1) is 6.92 Å². The molecule has 2 aromatic rings. The van der Waals surface area contributed by atoms with Crippen LogP contribution < -0.4 is 9.64 Å². The number of thiophene rings is 1. The van der Waals surface area contributed by atoms with Gasteiger partial charge in [0, 0.05) is 50.5 Å². The summed E-state index contributed by atoms with van der Waals surface area (Å²) >= 11 is 1.50. The fourth-order valence-corrected chi connectivity index (χ4v) is 3.65. The van der Waals surface area contributed by atoms with Crippen LogP contribution in [0.5, 0.6) is 5.75 Å². The zero-order chi connectivity index (χ0) is 15.7. The Morgan fingerprint density at radius 1 is 1.32 bits per heavy atom. The van der Waals surface area contributed by atoms with Gasteiger partial charge in [0.2, 0.25) is 5.95 Å². The predicted molar refractivity (Wildman–Crippen MR) is 86.9 cm³/mol. The number of piperazine rings is 1. The van der Waals surface area contributed by atoms with E-state index in [0.29, 0.717) is 23.7 Å². The van der Waals surface area contributed by atoms with Gasteiger partial charge in [-0.15, -0.1) is 11.3 Å². The summed E-state index contributed by atoms with van der Waals surface area (Å²) in [5, 5.41) is 0. The van der Waals surface area contributed by atoms with Crippen LogP contribution in [0.2, 0.25) is 0 Å². The predicted octanol–water partition coefficient (Wildman–Crippen LogP) is 1.76. The molecule has 0 N–H and O–H groups in total. The van der Waals surface area contributed by atoms with E-state index in [-0.39, 0.29) is 5.91 Å². The molecule has 3 heterocycles. The van der Waals surface area contributed by atoms with E-state index < -0.39 is 0 Å². The highest BCUT2D eigenvalue weighted by molar-refractivity contribution is 7.14. The molecule has 0 aliphatic carbocycles. The summed E-state index contributed by atoms with van der Waals surface area (Å²) in [6.45, 7) is 4.98. The molecule has 0 atom stereocenters. The van der Waals surface area contributed by atoms with Gasteiger partial charge in [-0.25, -0.2) is 4.98 Å². The molecule has 2 aromatic heterocycles. The van der Waals surface area contributed by atoms with Crippen molar-refractivity contribution in [1.29, 1.82) is 0 Å². The maximum atomic E-state index is 12.7. The van der Waals surface area contributed by atoms with E-state index in [0.717, 1.165) is 23.9 Å². The summed E-state index contributed by atoms with van der Waals surface area (Å²) < 4.78 is 7.32. The summed E-state index contributed by atoms with van der Waals surface area (Å²) in [7, 11) is 3.59. The number of aryl methyl sites for hydroxylation is 2. The molecule has 118 valence electrons. The third-order valence-electron chi connectivity index (χ3n) is 3.88. The molecule has 1 aliphatic heterocycles. The Morgan fingerprint density at radius 3 is 2.64 bits per heavy atom. The van der Waals surface area contributed by atoms with Crippen LogP contribution in [0.4, 0.5) is 5.95 Å². The highest BCUT2D eigenvalue weighted by atomic mass is 32.1. The monoisotopic (exact) mass is 320 g/mol. The minimum atomic E-state index is 0.0643. The van der Waals surface area contributed by atoms with Crippen LogP contribution in [0.1, 0.15) is 14.5 Å². The molecule has 6 nitrogen and oxygen atoms in total. The number of rotatable bonds is 3. The number of carbonyl (C=O) groups excluding carboxylic acids is 1. The number of methoxy groups -OCH3 is 1. The summed E-state index contributed by atoms with van der Waals surface area (Å²) in [4.78, 5) is 22.9. The molecule has 1 aliphatic rings. The van der Waals surface area contributed by atoms with E-state index in [2.05, 4.69) is 9.88 Å². The summed E-state index contributed by atoms with van der Waals surface area (Å²) in [5.74, 6) is 1.70. The normalized spacial score (nSPS) is 15.2. The molecule has 3 rings (SSSR count). The zero-order valence-electron chi connectivity index (χ0n) is 13.1. The number of aromatic nitrogens is 2. The quantitative estimate of drug-likeness (QED) is 0.865. The van der Waals surface area contributed by atoms with Gasteiger partial charge >= 0.3 is 0 Å². The summed E-state index contributed by atoms with van der Waals surface area (Å²) in [6, 6.07) is 1.92. The third-order valence-corrected chi connectivity index (χ3v) is 4.90. The van der Waals surface area contributed by atoms with E-state index in [9.17, 15) is 4.79 Å². The molecule has 1 saturated heterocycles. The Labute approximate surface area is 133 Å². The van der Waals surface area contributed by atoms with E-state index in [1.165, 1.54) is 11.3 Å². The first-order chi connectivity index (χ1) is 10.6. The number of hydrogen-bond acceptors (Lipinski definition) is 5. The van der Waals surface area contributed by atoms with Crippen molar-refractivity contribution in [2.75, 3.05) is 38.2 Å². The number of amides is 1. The Balaban J connectivity index is 1.68. The van der Waals surface area contributed by atoms with Crippen molar-refractivity contribution in [3.63, 3.8) is 0 Å². The minimum absolute atomic E-state index is 0.0643. The van der Waals surface area contributed by atoms with E-state index in [4.69, 9.17) is 4.74 Å². The zero-order valence-corrected chi connectivity index (χ0v) is 13.9. The Morgan fingerprint density at radius 2 is 2.05 bits per heavy atom. The van der Waals surface area contributed by atoms with Gasteiger partial charge in [0.25, 0.3) is 5.91 Å². The number of nitrogens with zero attached hydrogens (tertiary/aromatic N) is 4. The van der Waals surface area contributed by atoms with Crippen molar-refractivity contribution in [2.45, 2.75) is 6.92 Å². The fraction of sp³-hybridized carbons (Fsp3) is 0.467. The second-order valence-electron chi connectivity index (χ2n) is 5.37. The SMILES string of the molecule is COc1cc(C)sc1C(=O)N1CCN(c2nccn2C)CC1. The summed E-state index contributed by atoms with van der Waals surface area (Å²) in [5.41, 5.74) is 0. The third kappa shape index (κ3) is 2.68. The Kier molecular flexibility index (Phi) is 4.06. The molecular formula is C15H20N4O2S. The van der Waals surface area contributed by atoms with Crippen LogP contribution in [0.25, 0.3) is 0 Å². The average molecular weight is 320 g/mol. The van der Waals surface area contributed by atoms with Crippen molar-refractivity contribution in [2.24, 2.45) is 7.05 Å². The molecule has 0 unspecified atom stereocenters. The minimum Gasteiger partial charge on any atom is -0.495 e. The van der Waals surface area contributed by atoms with Gasteiger partial charge in [0.15, 0.2) is 0 Å². The number of hydrogen-bond donors (Lipinski definition) is 0. The maximum absolute atomic E-state index is 12.7. The number of carbonyl (C=O) groups is 1. The molecular weight excluding hydrogens is 300 g/mol. The first-order valence-corrected chi connectivity index (χ1v) is 8.07. The fourth-order valence-electron chi connectivity index (χ4n) is 2.71. The lowest BCUT2D eigenvalue weighted by atomic mass is 10.3. The van der Waals surface area contributed by atoms with Crippen molar-refractivity contribution >= 4 is 23.2 Å². The lowest BCUT2D eigenvalue weighted by molar-refractivity contribution is 0.0748. The van der Waals surface area contributed by atoms with Gasteiger partial charge in [0.05, 0.1) is 7.11 Å². The molecule has 1 fully saturated rings. The van der Waals surface area contributed by atoms with Crippen LogP contribution in [-0.4, -0.2) is 53.6 Å². The average Bonchev–Trinajstić information content (AvgIpc) is 3.12. The number of ether oxygens (including phenoxy) is 1. The highest BCUT2D eigenvalue weighted by Gasteiger charge is 2.26. The van der Waals surface area contributed by atoms with Gasteiger partial charge in [-0.2, -0.15) is 0 Å². The van der Waals surface area contributed by atoms with Crippen molar-refractivity contribution in [1.82, 2.24) is 14.5 Å². The molecule has 0 bridgehead atoms. The van der Waals surface area contributed by atoms with Gasteiger partial charge in [0.1, 0.15) is 10.6 Å². The molecule has 7 heteroatoms. The van der Waals surface area contributed by atoms with Crippen LogP contribution in [-0.2, 0) is 7.05 Å². The standard InChI is InChI=1S/C15H20N4O2S/c1-11-10-12(21-3)13(22-11)14(20)18-6-8-19(9-7-18)15-16-4-5-17(15)2/h4-5,10H,6-9H2,1-3H3. The molecule has 0 aromatic carbocycles. The first-order valence-electron chi connectivity index (χ1n) is 7.26. The lowest BCUT2D eigenvalue weighted by Crippen LogP contribution is -2.49. The van der Waals surface area contributed by atoms with Crippen LogP contribution >= 0.6 is 11.3 Å². The molecule has 22 heavy (non-hydrogen) atoms. The molecule has 1 amide bonds. The molecule has 0 radical (unpaired) electrons. The molecule has 0 saturated carbocycles. The van der Waals surface area contributed by atoms with Crippen molar-refractivity contribution in [3.8, 4) is 5.75 Å². The molecule has 0 spiro atoms. The van der Waals surface area contributed by atoms with Crippen molar-refractivity contribution in [3.05, 3.63) is 28.2 Å². The second-order valence-corrected chi connectivity index (χ2v) is 6.63. The van der Waals surface area contributed by atoms with Gasteiger partial charge < -0.3 is 19.1 Å². The van der Waals surface area contributed by atoms with Crippen molar-refractivity contribution < 1.29 is 9.53 Å². The Bertz CT molecular complexity index is 671. The topological polar surface area (TPSA) is 50.6 Å². The number of anilines is 1. The lowest BCUT2D eigenvalue weighted by Gasteiger charge is -2.35. The Hall–Kier alpha value is -2.02. The van der Waals surface area contributed by atoms with Gasteiger partial charge in [-0.05, 0) is 13.0 Å². The number of imidazole rings is 1. The van der Waals surface area contributed by atoms with Gasteiger partial charge in [-0.3, -0.25) is 4.79 Å². The summed E-state index contributed by atoms with van der Waals surface area (Å²) in [6.07, 6.45) is 3.73. The maximum Gasteiger partial charge on any atom is 0.267 e. The van der Waals surface area contributed by atoms with Crippen LogP contribution in [0.15, 0.2) is 18.5 Å². The van der Waals surface area contributed by atoms with Gasteiger partial charge in [-0.1, -0.05) is 0 Å². The van der Waals surface area contributed by atoms with E-state index in [1.54, 1.807) is 13.3 Å².